The minimum atomic E-state index is -0.986. The fourth-order valence-corrected chi connectivity index (χ4v) is 12.7. The van der Waals surface area contributed by atoms with E-state index in [0.717, 1.165) is 104 Å². The van der Waals surface area contributed by atoms with Gasteiger partial charge in [-0.15, -0.1) is 11.3 Å². The summed E-state index contributed by atoms with van der Waals surface area (Å²) < 4.78 is 5.66. The number of piperazine rings is 1. The summed E-state index contributed by atoms with van der Waals surface area (Å²) in [4.78, 5) is 91.1. The maximum atomic E-state index is 14.0. The van der Waals surface area contributed by atoms with Crippen LogP contribution in [-0.2, 0) is 35.5 Å². The molecule has 1 unspecified atom stereocenters. The van der Waals surface area contributed by atoms with Crippen LogP contribution in [0.15, 0.2) is 61.1 Å². The van der Waals surface area contributed by atoms with Crippen LogP contribution in [0.3, 0.4) is 0 Å². The van der Waals surface area contributed by atoms with E-state index < -0.39 is 29.7 Å². The number of aromatic nitrogens is 3. The molecule has 17 nitrogen and oxygen atoms in total. The Labute approximate surface area is 403 Å². The number of benzene rings is 1. The molecule has 1 aliphatic carbocycles. The number of carbonyl (C=O) groups is 5. The van der Waals surface area contributed by atoms with Crippen LogP contribution in [0, 0.1) is 0 Å². The van der Waals surface area contributed by atoms with E-state index in [-0.39, 0.29) is 37.0 Å². The monoisotopic (exact) mass is 950 g/mol. The van der Waals surface area contributed by atoms with Crippen molar-refractivity contribution in [1.82, 2.24) is 30.1 Å². The number of anilines is 5. The Kier molecular flexibility index (Phi) is 11.9. The summed E-state index contributed by atoms with van der Waals surface area (Å²) in [6.45, 7) is 6.73. The summed E-state index contributed by atoms with van der Waals surface area (Å²) in [5, 5.41) is 16.4. The van der Waals surface area contributed by atoms with Gasteiger partial charge in [0.25, 0.3) is 17.7 Å². The Morgan fingerprint density at radius 1 is 0.797 bits per heavy atom. The average molecular weight is 951 g/mol. The highest BCUT2D eigenvalue weighted by molar-refractivity contribution is 7.14. The molecule has 2 atom stereocenters. The van der Waals surface area contributed by atoms with Gasteiger partial charge >= 0.3 is 0 Å². The number of rotatable bonds is 10. The molecule has 69 heavy (non-hydrogen) atoms. The SMILES string of the molecule is COc1ncc(-c2ccnc(N3CCc4c(sc5c4CCCC5)C3=O)c2CO)cc1Nc1ccc(N2CCN(C3CCN(c4ccc5c(c4)C(=O)N(C4CCC(=O)NC4=O)C5=O)CC3)C[C@@H]2C)cn1. The van der Waals surface area contributed by atoms with Crippen LogP contribution in [-0.4, -0.2) is 124 Å². The van der Waals surface area contributed by atoms with Crippen LogP contribution in [0.5, 0.6) is 5.88 Å². The van der Waals surface area contributed by atoms with E-state index in [1.807, 2.05) is 30.5 Å². The molecule has 0 radical (unpaired) electrons. The van der Waals surface area contributed by atoms with E-state index in [0.29, 0.717) is 46.9 Å². The highest BCUT2D eigenvalue weighted by Crippen LogP contribution is 2.41. The standard InChI is InChI=1S/C51H54N10O7S/c1-29-27-58(31-14-18-57(19-15-31)32-7-9-37-38(24-32)50(66)61(49(37)65)41-10-12-44(63)56-47(41)64)21-22-59(29)33-8-11-43(53-26-33)55-40-23-30(25-54-48(40)68-2)34-13-17-52-46(39(34)28-62)60-20-16-36-35-5-3-4-6-42(35)69-45(36)51(60)67/h7-9,11,13,17,23-26,29,31,41,62H,3-6,10,12,14-16,18-22,27-28H2,1-2H3,(H,53,55)(H,56,63,64)/t29-,41?/m0/s1. The fraction of sp³-hybridized carbons (Fsp3) is 0.412. The highest BCUT2D eigenvalue weighted by Gasteiger charge is 2.45. The number of ether oxygens (including phenoxy) is 1. The third kappa shape index (κ3) is 8.07. The Bertz CT molecular complexity index is 2900. The molecule has 11 rings (SSSR count). The van der Waals surface area contributed by atoms with E-state index in [1.165, 1.54) is 22.4 Å². The van der Waals surface area contributed by atoms with Crippen molar-refractivity contribution in [2.45, 2.75) is 89.4 Å². The number of nitrogens with one attached hydrogen (secondary N) is 2. The molecule has 356 valence electrons. The van der Waals surface area contributed by atoms with Gasteiger partial charge in [-0.3, -0.25) is 44.0 Å². The number of hydrogen-bond donors (Lipinski definition) is 3. The molecule has 3 N–H and O–H groups in total. The average Bonchev–Trinajstić information content (AvgIpc) is 3.88. The third-order valence-corrected chi connectivity index (χ3v) is 16.2. The maximum absolute atomic E-state index is 14.0. The summed E-state index contributed by atoms with van der Waals surface area (Å²) in [6.07, 6.45) is 12.6. The molecule has 5 aromatic rings. The van der Waals surface area contributed by atoms with Crippen LogP contribution in [0.2, 0.25) is 0 Å². The zero-order chi connectivity index (χ0) is 47.5. The molecule has 5 amide bonds. The molecule has 5 aliphatic heterocycles. The minimum Gasteiger partial charge on any atom is -0.480 e. The predicted molar refractivity (Wildman–Crippen MR) is 261 cm³/mol. The summed E-state index contributed by atoms with van der Waals surface area (Å²) in [7, 11) is 1.57. The molecule has 1 aromatic carbocycles. The molecule has 0 bridgehead atoms. The third-order valence-electron chi connectivity index (χ3n) is 14.9. The summed E-state index contributed by atoms with van der Waals surface area (Å²) in [6, 6.07) is 12.8. The van der Waals surface area contributed by atoms with Crippen molar-refractivity contribution in [3.63, 3.8) is 0 Å². The van der Waals surface area contributed by atoms with Gasteiger partial charge in [0.05, 0.1) is 41.6 Å². The second-order valence-electron chi connectivity index (χ2n) is 18.8. The number of methoxy groups -OCH3 is 1. The van der Waals surface area contributed by atoms with Crippen LogP contribution >= 0.6 is 11.3 Å². The Morgan fingerprint density at radius 3 is 2.38 bits per heavy atom. The van der Waals surface area contributed by atoms with Gasteiger partial charge < -0.3 is 25.0 Å². The fourth-order valence-electron chi connectivity index (χ4n) is 11.3. The first-order valence-electron chi connectivity index (χ1n) is 24.0. The van der Waals surface area contributed by atoms with Crippen molar-refractivity contribution in [1.29, 1.82) is 0 Å². The van der Waals surface area contributed by atoms with Gasteiger partial charge in [-0.2, -0.15) is 0 Å². The lowest BCUT2D eigenvalue weighted by Crippen LogP contribution is -2.57. The number of fused-ring (bicyclic) bond motifs is 4. The van der Waals surface area contributed by atoms with Gasteiger partial charge in [0.15, 0.2) is 0 Å². The number of amides is 5. The lowest BCUT2D eigenvalue weighted by molar-refractivity contribution is -0.136. The van der Waals surface area contributed by atoms with Crippen LogP contribution in [0.25, 0.3) is 11.1 Å². The van der Waals surface area contributed by atoms with Crippen molar-refractivity contribution >= 4 is 69.6 Å². The number of hydrogen-bond acceptors (Lipinski definition) is 15. The Hall–Kier alpha value is -6.76. The number of pyridine rings is 3. The molecule has 0 spiro atoms. The lowest BCUT2D eigenvalue weighted by atomic mass is 9.92. The van der Waals surface area contributed by atoms with E-state index >= 15 is 0 Å². The van der Waals surface area contributed by atoms with Crippen molar-refractivity contribution in [3.8, 4) is 17.0 Å². The van der Waals surface area contributed by atoms with Crippen molar-refractivity contribution in [2.75, 3.05) is 66.4 Å². The highest BCUT2D eigenvalue weighted by atomic mass is 32.1. The molecule has 18 heteroatoms. The summed E-state index contributed by atoms with van der Waals surface area (Å²) in [5.41, 5.74) is 7.70. The molecule has 6 aliphatic rings. The van der Waals surface area contributed by atoms with Gasteiger partial charge in [-0.1, -0.05) is 0 Å². The number of carbonyl (C=O) groups excluding carboxylic acids is 5. The van der Waals surface area contributed by atoms with Crippen molar-refractivity contribution in [3.05, 3.63) is 98.6 Å². The number of aliphatic hydroxyl groups excluding tert-OH is 1. The number of imide groups is 2. The summed E-state index contributed by atoms with van der Waals surface area (Å²) in [5.74, 6) is -0.575. The first kappa shape index (κ1) is 44.7. The predicted octanol–water partition coefficient (Wildman–Crippen LogP) is 5.51. The van der Waals surface area contributed by atoms with E-state index in [4.69, 9.17) is 9.72 Å². The van der Waals surface area contributed by atoms with Crippen LogP contribution in [0.1, 0.15) is 97.4 Å². The first-order valence-corrected chi connectivity index (χ1v) is 24.8. The van der Waals surface area contributed by atoms with E-state index in [9.17, 15) is 29.1 Å². The van der Waals surface area contributed by atoms with E-state index in [1.54, 1.807) is 47.9 Å². The quantitative estimate of drug-likeness (QED) is 0.149. The molecule has 3 fully saturated rings. The van der Waals surface area contributed by atoms with Crippen LogP contribution in [0.4, 0.5) is 28.7 Å². The van der Waals surface area contributed by atoms with Crippen molar-refractivity contribution < 1.29 is 33.8 Å². The molecule has 0 saturated carbocycles. The van der Waals surface area contributed by atoms with Crippen molar-refractivity contribution in [2.24, 2.45) is 0 Å². The normalized spacial score (nSPS) is 21.1. The maximum Gasteiger partial charge on any atom is 0.269 e. The van der Waals surface area contributed by atoms with Gasteiger partial charge in [0, 0.05) is 91.9 Å². The lowest BCUT2D eigenvalue weighted by Gasteiger charge is -2.46. The zero-order valence-corrected chi connectivity index (χ0v) is 39.5. The second-order valence-corrected chi connectivity index (χ2v) is 19.9. The zero-order valence-electron chi connectivity index (χ0n) is 38.7. The van der Waals surface area contributed by atoms with Gasteiger partial charge in [-0.05, 0) is 117 Å². The van der Waals surface area contributed by atoms with Gasteiger partial charge in [0.1, 0.15) is 23.4 Å². The largest absolute Gasteiger partial charge is 0.480 e. The first-order chi connectivity index (χ1) is 33.6. The molecule has 3 saturated heterocycles. The smallest absolute Gasteiger partial charge is 0.269 e. The molecular weight excluding hydrogens is 897 g/mol. The number of aryl methyl sites for hydroxylation is 1. The number of aliphatic hydroxyl groups is 1. The number of thiophene rings is 1. The van der Waals surface area contributed by atoms with E-state index in [2.05, 4.69) is 48.3 Å². The summed E-state index contributed by atoms with van der Waals surface area (Å²) >= 11 is 1.63. The minimum absolute atomic E-state index is 0.0490. The number of nitrogens with zero attached hydrogens (tertiary/aromatic N) is 8. The Morgan fingerprint density at radius 2 is 1.61 bits per heavy atom. The number of piperidine rings is 2. The Balaban J connectivity index is 0.717. The molecule has 4 aromatic heterocycles. The van der Waals surface area contributed by atoms with Gasteiger partial charge in [0.2, 0.25) is 17.7 Å². The topological polar surface area (TPSA) is 194 Å². The second kappa shape index (κ2) is 18.3. The van der Waals surface area contributed by atoms with Crippen LogP contribution < -0.4 is 30.1 Å². The molecular formula is C51H54N10O7S. The molecule has 9 heterocycles. The van der Waals surface area contributed by atoms with Gasteiger partial charge in [-0.25, -0.2) is 15.0 Å².